The maximum absolute atomic E-state index is 12.1. The van der Waals surface area contributed by atoms with E-state index in [0.29, 0.717) is 15.9 Å². The topological polar surface area (TPSA) is 43.3 Å². The fourth-order valence-corrected chi connectivity index (χ4v) is 2.51. The smallest absolute Gasteiger partial charge is 0.268 e. The molecule has 0 bridgehead atoms. The van der Waals surface area contributed by atoms with E-state index in [2.05, 4.69) is 5.32 Å². The Bertz CT molecular complexity index is 453. The van der Waals surface area contributed by atoms with E-state index in [4.69, 9.17) is 27.9 Å². The van der Waals surface area contributed by atoms with Crippen molar-refractivity contribution >= 4 is 29.1 Å². The minimum atomic E-state index is -0.186. The van der Waals surface area contributed by atoms with Crippen LogP contribution in [0.1, 0.15) is 30.3 Å². The Morgan fingerprint density at radius 1 is 1.61 bits per heavy atom. The van der Waals surface area contributed by atoms with Crippen LogP contribution < -0.4 is 5.32 Å². The Kier molecular flexibility index (Phi) is 4.20. The summed E-state index contributed by atoms with van der Waals surface area (Å²) in [6.07, 6.45) is 2.13. The third-order valence-corrected chi connectivity index (χ3v) is 4.07. The van der Waals surface area contributed by atoms with Gasteiger partial charge in [0.15, 0.2) is 0 Å². The first-order chi connectivity index (χ1) is 8.50. The molecule has 1 N–H and O–H groups in total. The van der Waals surface area contributed by atoms with Crippen molar-refractivity contribution in [3.63, 3.8) is 0 Å². The second-order valence-corrected chi connectivity index (χ2v) is 5.31. The maximum Gasteiger partial charge on any atom is 0.268 e. The highest BCUT2D eigenvalue weighted by atomic mass is 35.5. The summed E-state index contributed by atoms with van der Waals surface area (Å²) in [5.41, 5.74) is 0.454. The van der Waals surface area contributed by atoms with Crippen molar-refractivity contribution in [2.75, 3.05) is 6.61 Å². The summed E-state index contributed by atoms with van der Waals surface area (Å²) in [6, 6.07) is 1.55. The molecule has 1 aromatic rings. The third-order valence-electron chi connectivity index (χ3n) is 3.23. The number of nitrogens with one attached hydrogen (secondary N) is 1. The molecular weight excluding hydrogens is 275 g/mol. The Labute approximate surface area is 116 Å². The largest absolute Gasteiger partial charge is 0.376 e. The highest BCUT2D eigenvalue weighted by Crippen LogP contribution is 2.25. The van der Waals surface area contributed by atoms with E-state index in [1.807, 2.05) is 6.92 Å². The zero-order chi connectivity index (χ0) is 13.3. The molecule has 1 saturated heterocycles. The number of hydrogen-bond acceptors (Lipinski definition) is 2. The van der Waals surface area contributed by atoms with Crippen molar-refractivity contribution in [3.8, 4) is 0 Å². The van der Waals surface area contributed by atoms with Gasteiger partial charge in [0, 0.05) is 13.7 Å². The lowest BCUT2D eigenvalue weighted by atomic mass is 10.1. The second kappa shape index (κ2) is 5.51. The summed E-state index contributed by atoms with van der Waals surface area (Å²) >= 11 is 11.8. The highest BCUT2D eigenvalue weighted by Gasteiger charge is 2.25. The molecule has 0 saturated carbocycles. The summed E-state index contributed by atoms with van der Waals surface area (Å²) in [5, 5.41) is 3.67. The SMILES string of the molecule is C[C@H](NC(=O)c1cc(Cl)c(Cl)n1C)[C@@H]1CCCO1. The summed E-state index contributed by atoms with van der Waals surface area (Å²) in [6.45, 7) is 2.72. The van der Waals surface area contributed by atoms with Gasteiger partial charge < -0.3 is 14.6 Å². The highest BCUT2D eigenvalue weighted by molar-refractivity contribution is 6.41. The lowest BCUT2D eigenvalue weighted by Crippen LogP contribution is -2.41. The fourth-order valence-electron chi connectivity index (χ4n) is 2.13. The van der Waals surface area contributed by atoms with Crippen LogP contribution in [-0.2, 0) is 11.8 Å². The van der Waals surface area contributed by atoms with Crippen molar-refractivity contribution in [1.82, 2.24) is 9.88 Å². The zero-order valence-electron chi connectivity index (χ0n) is 10.4. The van der Waals surface area contributed by atoms with Crippen molar-refractivity contribution < 1.29 is 9.53 Å². The van der Waals surface area contributed by atoms with Gasteiger partial charge in [0.1, 0.15) is 10.8 Å². The van der Waals surface area contributed by atoms with E-state index in [-0.39, 0.29) is 18.1 Å². The predicted molar refractivity (Wildman–Crippen MR) is 71.3 cm³/mol. The molecule has 1 aromatic heterocycles. The summed E-state index contributed by atoms with van der Waals surface area (Å²) in [5.74, 6) is -0.186. The quantitative estimate of drug-likeness (QED) is 0.930. The fraction of sp³-hybridized carbons (Fsp3) is 0.583. The van der Waals surface area contributed by atoms with Crippen molar-refractivity contribution in [2.45, 2.75) is 31.9 Å². The van der Waals surface area contributed by atoms with Gasteiger partial charge in [0.25, 0.3) is 5.91 Å². The van der Waals surface area contributed by atoms with Gasteiger partial charge in [-0.25, -0.2) is 0 Å². The Hall–Kier alpha value is -0.710. The predicted octanol–water partition coefficient (Wildman–Crippen LogP) is 2.63. The lowest BCUT2D eigenvalue weighted by Gasteiger charge is -2.20. The Morgan fingerprint density at radius 2 is 2.33 bits per heavy atom. The molecule has 2 heterocycles. The number of aromatic nitrogens is 1. The van der Waals surface area contributed by atoms with E-state index in [9.17, 15) is 4.79 Å². The second-order valence-electron chi connectivity index (χ2n) is 4.54. The van der Waals surface area contributed by atoms with E-state index < -0.39 is 0 Å². The van der Waals surface area contributed by atoms with E-state index >= 15 is 0 Å². The molecule has 0 unspecified atom stereocenters. The minimum absolute atomic E-state index is 0.0209. The van der Waals surface area contributed by atoms with Crippen molar-refractivity contribution in [2.24, 2.45) is 7.05 Å². The molecule has 1 aliphatic rings. The molecule has 18 heavy (non-hydrogen) atoms. The van der Waals surface area contributed by atoms with Crippen molar-refractivity contribution in [1.29, 1.82) is 0 Å². The molecule has 2 atom stereocenters. The van der Waals surface area contributed by atoms with Gasteiger partial charge in [-0.15, -0.1) is 0 Å². The van der Waals surface area contributed by atoms with Gasteiger partial charge in [-0.1, -0.05) is 23.2 Å². The van der Waals surface area contributed by atoms with Gasteiger partial charge in [0.2, 0.25) is 0 Å². The molecule has 0 spiro atoms. The Balaban J connectivity index is 2.04. The number of hydrogen-bond donors (Lipinski definition) is 1. The van der Waals surface area contributed by atoms with Gasteiger partial charge in [0.05, 0.1) is 17.2 Å². The van der Waals surface area contributed by atoms with Gasteiger partial charge >= 0.3 is 0 Å². The lowest BCUT2D eigenvalue weighted by molar-refractivity contribution is 0.0707. The molecule has 1 amide bonds. The molecule has 6 heteroatoms. The summed E-state index contributed by atoms with van der Waals surface area (Å²) in [4.78, 5) is 12.1. The van der Waals surface area contributed by atoms with Crippen LogP contribution in [0.25, 0.3) is 0 Å². The molecule has 1 fully saturated rings. The number of nitrogens with zero attached hydrogens (tertiary/aromatic N) is 1. The first kappa shape index (κ1) is 13.7. The van der Waals surface area contributed by atoms with Crippen LogP contribution in [-0.4, -0.2) is 29.2 Å². The first-order valence-electron chi connectivity index (χ1n) is 5.94. The number of ether oxygens (including phenoxy) is 1. The van der Waals surface area contributed by atoms with Crippen molar-refractivity contribution in [3.05, 3.63) is 21.9 Å². The monoisotopic (exact) mass is 290 g/mol. The van der Waals surface area contributed by atoms with Gasteiger partial charge in [-0.2, -0.15) is 0 Å². The minimum Gasteiger partial charge on any atom is -0.376 e. The zero-order valence-corrected chi connectivity index (χ0v) is 11.9. The third kappa shape index (κ3) is 2.66. The number of carbonyl (C=O) groups excluding carboxylic acids is 1. The molecule has 0 aromatic carbocycles. The maximum atomic E-state index is 12.1. The molecule has 4 nitrogen and oxygen atoms in total. The average molecular weight is 291 g/mol. The van der Waals surface area contributed by atoms with E-state index in [1.54, 1.807) is 17.7 Å². The standard InChI is InChI=1S/C12H16Cl2N2O2/c1-7(10-4-3-5-18-10)15-12(17)9-6-8(13)11(14)16(9)2/h6-7,10H,3-5H2,1-2H3,(H,15,17)/t7-,10-/m0/s1. The van der Waals surface area contributed by atoms with Crippen LogP contribution in [0.5, 0.6) is 0 Å². The number of carbonyl (C=O) groups is 1. The number of amides is 1. The van der Waals surface area contributed by atoms with Crippen LogP contribution in [0, 0.1) is 0 Å². The molecular formula is C12H16Cl2N2O2. The van der Waals surface area contributed by atoms with Crippen LogP contribution in [0.4, 0.5) is 0 Å². The average Bonchev–Trinajstić information content (AvgIpc) is 2.94. The number of halogens is 2. The summed E-state index contributed by atoms with van der Waals surface area (Å²) < 4.78 is 7.11. The first-order valence-corrected chi connectivity index (χ1v) is 6.69. The van der Waals surface area contributed by atoms with E-state index in [1.165, 1.54) is 0 Å². The van der Waals surface area contributed by atoms with E-state index in [0.717, 1.165) is 19.4 Å². The molecule has 1 aliphatic heterocycles. The summed E-state index contributed by atoms with van der Waals surface area (Å²) in [7, 11) is 1.71. The van der Waals surface area contributed by atoms with Gasteiger partial charge in [-0.3, -0.25) is 4.79 Å². The van der Waals surface area contributed by atoms with Crippen LogP contribution >= 0.6 is 23.2 Å². The van der Waals surface area contributed by atoms with Crippen LogP contribution in [0.3, 0.4) is 0 Å². The molecule has 100 valence electrons. The van der Waals surface area contributed by atoms with Crippen LogP contribution in [0.15, 0.2) is 6.07 Å². The normalized spacial score (nSPS) is 21.0. The molecule has 0 radical (unpaired) electrons. The van der Waals surface area contributed by atoms with Gasteiger partial charge in [-0.05, 0) is 25.8 Å². The number of rotatable bonds is 3. The van der Waals surface area contributed by atoms with Crippen LogP contribution in [0.2, 0.25) is 10.2 Å². The Morgan fingerprint density at radius 3 is 2.83 bits per heavy atom. The molecule has 2 rings (SSSR count). The molecule has 0 aliphatic carbocycles.